The van der Waals surface area contributed by atoms with E-state index >= 15 is 0 Å². The van der Waals surface area contributed by atoms with Crippen LogP contribution in [0.2, 0.25) is 0 Å². The number of nitrogens with one attached hydrogen (secondary N) is 1. The van der Waals surface area contributed by atoms with Crippen molar-refractivity contribution < 1.29 is 14.3 Å². The Morgan fingerprint density at radius 3 is 2.59 bits per heavy atom. The molecule has 1 aliphatic rings. The minimum atomic E-state index is -0.121. The van der Waals surface area contributed by atoms with E-state index in [9.17, 15) is 4.79 Å². The maximum Gasteiger partial charge on any atom is 0.255 e. The number of aromatic nitrogens is 1. The third-order valence-corrected chi connectivity index (χ3v) is 5.24. The number of likely N-dealkylation sites (tertiary alicyclic amines) is 1. The Balaban J connectivity index is 1.72. The highest BCUT2D eigenvalue weighted by Crippen LogP contribution is 2.26. The van der Waals surface area contributed by atoms with Gasteiger partial charge in [-0.15, -0.1) is 0 Å². The van der Waals surface area contributed by atoms with Crippen molar-refractivity contribution in [3.63, 3.8) is 0 Å². The van der Waals surface area contributed by atoms with E-state index in [2.05, 4.69) is 34.2 Å². The number of pyridine rings is 1. The van der Waals surface area contributed by atoms with Gasteiger partial charge in [0.25, 0.3) is 5.91 Å². The highest BCUT2D eigenvalue weighted by atomic mass is 16.5. The minimum absolute atomic E-state index is 0.0681. The fourth-order valence-electron chi connectivity index (χ4n) is 3.89. The SMILES string of the molecule is COc1ccc(C(=O)N[C@@H]2CN(Cc3ccncc3)C[C@H]2CN(C)C)c(OC)c1. The summed E-state index contributed by atoms with van der Waals surface area (Å²) in [5.74, 6) is 1.40. The average Bonchev–Trinajstić information content (AvgIpc) is 3.07. The van der Waals surface area contributed by atoms with Crippen LogP contribution in [-0.2, 0) is 6.54 Å². The normalized spacial score (nSPS) is 19.3. The van der Waals surface area contributed by atoms with Crippen molar-refractivity contribution in [2.24, 2.45) is 5.92 Å². The molecule has 156 valence electrons. The summed E-state index contributed by atoms with van der Waals surface area (Å²) in [6, 6.07) is 9.40. The van der Waals surface area contributed by atoms with Crippen LogP contribution in [0.5, 0.6) is 11.5 Å². The number of carbonyl (C=O) groups is 1. The van der Waals surface area contributed by atoms with Gasteiger partial charge in [0, 0.05) is 56.6 Å². The van der Waals surface area contributed by atoms with Crippen LogP contribution in [0, 0.1) is 5.92 Å². The van der Waals surface area contributed by atoms with E-state index in [0.29, 0.717) is 23.0 Å². The van der Waals surface area contributed by atoms with Crippen LogP contribution in [-0.4, -0.2) is 74.7 Å². The van der Waals surface area contributed by atoms with Crippen LogP contribution < -0.4 is 14.8 Å². The molecular formula is C22H30N4O3. The number of rotatable bonds is 8. The smallest absolute Gasteiger partial charge is 0.255 e. The molecule has 1 saturated heterocycles. The number of methoxy groups -OCH3 is 2. The van der Waals surface area contributed by atoms with Gasteiger partial charge in [-0.3, -0.25) is 14.7 Å². The highest BCUT2D eigenvalue weighted by molar-refractivity contribution is 5.97. The number of carbonyl (C=O) groups excluding carboxylic acids is 1. The predicted octanol–water partition coefficient (Wildman–Crippen LogP) is 1.89. The molecule has 0 aliphatic carbocycles. The summed E-state index contributed by atoms with van der Waals surface area (Å²) in [4.78, 5) is 21.7. The molecule has 2 aromatic rings. The Morgan fingerprint density at radius 1 is 1.17 bits per heavy atom. The van der Waals surface area contributed by atoms with Gasteiger partial charge in [-0.25, -0.2) is 0 Å². The van der Waals surface area contributed by atoms with Crippen LogP contribution in [0.3, 0.4) is 0 Å². The fraction of sp³-hybridized carbons (Fsp3) is 0.455. The second kappa shape index (κ2) is 9.71. The van der Waals surface area contributed by atoms with Crippen LogP contribution in [0.15, 0.2) is 42.7 Å². The second-order valence-corrected chi connectivity index (χ2v) is 7.72. The monoisotopic (exact) mass is 398 g/mol. The number of nitrogens with zero attached hydrogens (tertiary/aromatic N) is 3. The van der Waals surface area contributed by atoms with Gasteiger partial charge in [0.2, 0.25) is 0 Å². The van der Waals surface area contributed by atoms with E-state index in [1.54, 1.807) is 32.4 Å². The first kappa shape index (κ1) is 21.1. The predicted molar refractivity (Wildman–Crippen MR) is 112 cm³/mol. The first-order valence-corrected chi connectivity index (χ1v) is 9.79. The minimum Gasteiger partial charge on any atom is -0.497 e. The molecule has 2 atom stereocenters. The molecule has 29 heavy (non-hydrogen) atoms. The average molecular weight is 399 g/mol. The molecule has 7 heteroatoms. The lowest BCUT2D eigenvalue weighted by molar-refractivity contribution is 0.0923. The first-order chi connectivity index (χ1) is 14.0. The van der Waals surface area contributed by atoms with Crippen molar-refractivity contribution in [1.29, 1.82) is 0 Å². The zero-order valence-electron chi connectivity index (χ0n) is 17.6. The van der Waals surface area contributed by atoms with Gasteiger partial charge in [-0.1, -0.05) is 0 Å². The lowest BCUT2D eigenvalue weighted by Gasteiger charge is -2.23. The van der Waals surface area contributed by atoms with Gasteiger partial charge in [-0.2, -0.15) is 0 Å². The molecule has 1 aromatic carbocycles. The lowest BCUT2D eigenvalue weighted by atomic mass is 10.0. The zero-order valence-corrected chi connectivity index (χ0v) is 17.6. The Hall–Kier alpha value is -2.64. The van der Waals surface area contributed by atoms with Crippen molar-refractivity contribution in [3.05, 3.63) is 53.9 Å². The number of amides is 1. The molecule has 0 radical (unpaired) electrons. The van der Waals surface area contributed by atoms with Crippen LogP contribution in [0.1, 0.15) is 15.9 Å². The molecule has 1 amide bonds. The lowest BCUT2D eigenvalue weighted by Crippen LogP contribution is -2.43. The van der Waals surface area contributed by atoms with Gasteiger partial charge in [0.05, 0.1) is 19.8 Å². The summed E-state index contributed by atoms with van der Waals surface area (Å²) < 4.78 is 10.6. The maximum atomic E-state index is 13.0. The van der Waals surface area contributed by atoms with Crippen molar-refractivity contribution >= 4 is 5.91 Å². The zero-order chi connectivity index (χ0) is 20.8. The molecule has 1 aromatic heterocycles. The molecule has 0 spiro atoms. The van der Waals surface area contributed by atoms with E-state index in [-0.39, 0.29) is 11.9 Å². The molecule has 3 rings (SSSR count). The fourth-order valence-corrected chi connectivity index (χ4v) is 3.89. The summed E-state index contributed by atoms with van der Waals surface area (Å²) in [6.07, 6.45) is 3.63. The highest BCUT2D eigenvalue weighted by Gasteiger charge is 2.34. The molecule has 1 fully saturated rings. The van der Waals surface area contributed by atoms with E-state index < -0.39 is 0 Å². The number of benzene rings is 1. The van der Waals surface area contributed by atoms with Gasteiger partial charge >= 0.3 is 0 Å². The molecule has 1 aliphatic heterocycles. The number of ether oxygens (including phenoxy) is 2. The Morgan fingerprint density at radius 2 is 1.93 bits per heavy atom. The topological polar surface area (TPSA) is 66.9 Å². The summed E-state index contributed by atoms with van der Waals surface area (Å²) in [5, 5.41) is 3.24. The second-order valence-electron chi connectivity index (χ2n) is 7.72. The molecule has 2 heterocycles. The molecular weight excluding hydrogens is 368 g/mol. The van der Waals surface area contributed by atoms with E-state index in [4.69, 9.17) is 9.47 Å². The largest absolute Gasteiger partial charge is 0.497 e. The summed E-state index contributed by atoms with van der Waals surface area (Å²) in [7, 11) is 7.29. The van der Waals surface area contributed by atoms with Gasteiger partial charge in [0.1, 0.15) is 11.5 Å². The Labute approximate surface area is 172 Å². The van der Waals surface area contributed by atoms with Crippen molar-refractivity contribution in [1.82, 2.24) is 20.1 Å². The van der Waals surface area contributed by atoms with Crippen molar-refractivity contribution in [2.45, 2.75) is 12.6 Å². The Bertz CT molecular complexity index is 813. The van der Waals surface area contributed by atoms with Gasteiger partial charge in [-0.05, 0) is 43.9 Å². The van der Waals surface area contributed by atoms with Crippen LogP contribution >= 0.6 is 0 Å². The van der Waals surface area contributed by atoms with Crippen molar-refractivity contribution in [3.8, 4) is 11.5 Å². The molecule has 0 saturated carbocycles. The summed E-state index contributed by atoms with van der Waals surface area (Å²) in [5.41, 5.74) is 1.75. The standard InChI is InChI=1S/C22H30N4O3/c1-25(2)13-17-14-26(12-16-7-9-23-10-8-16)15-20(17)24-22(27)19-6-5-18(28-3)11-21(19)29-4/h5-11,17,20H,12-15H2,1-4H3,(H,24,27)/t17-,20-/m1/s1. The Kier molecular flexibility index (Phi) is 7.06. The summed E-state index contributed by atoms with van der Waals surface area (Å²) >= 11 is 0. The molecule has 1 N–H and O–H groups in total. The van der Waals surface area contributed by atoms with Crippen molar-refractivity contribution in [2.75, 3.05) is 47.9 Å². The van der Waals surface area contributed by atoms with Gasteiger partial charge < -0.3 is 19.7 Å². The third-order valence-electron chi connectivity index (χ3n) is 5.24. The molecule has 7 nitrogen and oxygen atoms in total. The number of hydrogen-bond donors (Lipinski definition) is 1. The van der Waals surface area contributed by atoms with E-state index in [1.165, 1.54) is 5.56 Å². The molecule has 0 unspecified atom stereocenters. The maximum absolute atomic E-state index is 13.0. The third kappa shape index (κ3) is 5.46. The summed E-state index contributed by atoms with van der Waals surface area (Å²) in [6.45, 7) is 3.51. The van der Waals surface area contributed by atoms with Crippen LogP contribution in [0.25, 0.3) is 0 Å². The van der Waals surface area contributed by atoms with Gasteiger partial charge in [0.15, 0.2) is 0 Å². The molecule has 0 bridgehead atoms. The quantitative estimate of drug-likeness (QED) is 0.733. The number of hydrogen-bond acceptors (Lipinski definition) is 6. The van der Waals surface area contributed by atoms with E-state index in [1.807, 2.05) is 24.5 Å². The van der Waals surface area contributed by atoms with Crippen LogP contribution in [0.4, 0.5) is 0 Å². The van der Waals surface area contributed by atoms with E-state index in [0.717, 1.165) is 26.2 Å². The first-order valence-electron chi connectivity index (χ1n) is 9.79.